The largest absolute Gasteiger partial charge is 0.310 e. The minimum absolute atomic E-state index is 0.0364. The molecule has 1 aliphatic rings. The second-order valence-corrected chi connectivity index (χ2v) is 8.03. The van der Waals surface area contributed by atoms with E-state index >= 15 is 0 Å². The first-order valence-electron chi connectivity index (χ1n) is 7.31. The number of hydrogen-bond acceptors (Lipinski definition) is 6. The molecule has 0 saturated heterocycles. The van der Waals surface area contributed by atoms with Crippen molar-refractivity contribution in [3.63, 3.8) is 0 Å². The molecule has 2 aromatic rings. The quantitative estimate of drug-likeness (QED) is 0.820. The Labute approximate surface area is 137 Å². The average molecular weight is 337 g/mol. The molecule has 8 heteroatoms. The number of aryl methyl sites for hydroxylation is 2. The maximum atomic E-state index is 12.2. The third-order valence-electron chi connectivity index (χ3n) is 3.76. The van der Waals surface area contributed by atoms with Crippen LogP contribution in [0.1, 0.15) is 36.4 Å². The van der Waals surface area contributed by atoms with E-state index in [9.17, 15) is 4.79 Å². The molecule has 6 nitrogen and oxygen atoms in total. The topological polar surface area (TPSA) is 72.7 Å². The minimum atomic E-state index is -0.0364. The number of carbonyl (C=O) groups excluding carboxylic acids is 1. The molecule has 22 heavy (non-hydrogen) atoms. The highest BCUT2D eigenvalue weighted by molar-refractivity contribution is 8.01. The van der Waals surface area contributed by atoms with Crippen molar-refractivity contribution in [2.75, 3.05) is 11.1 Å². The van der Waals surface area contributed by atoms with Gasteiger partial charge >= 0.3 is 0 Å². The van der Waals surface area contributed by atoms with Crippen molar-refractivity contribution < 1.29 is 4.79 Å². The minimum Gasteiger partial charge on any atom is -0.310 e. The Balaban J connectivity index is 1.62. The molecule has 118 valence electrons. The molecule has 1 atom stereocenters. The highest BCUT2D eigenvalue weighted by Crippen LogP contribution is 2.40. The van der Waals surface area contributed by atoms with E-state index in [1.807, 2.05) is 24.7 Å². The molecule has 0 radical (unpaired) electrons. The van der Waals surface area contributed by atoms with Gasteiger partial charge in [0.1, 0.15) is 10.8 Å². The van der Waals surface area contributed by atoms with Crippen LogP contribution in [0.2, 0.25) is 0 Å². The summed E-state index contributed by atoms with van der Waals surface area (Å²) in [7, 11) is 0. The molecule has 2 heterocycles. The summed E-state index contributed by atoms with van der Waals surface area (Å²) in [6.45, 7) is 6.04. The molecule has 1 N–H and O–H groups in total. The molecule has 1 saturated carbocycles. The van der Waals surface area contributed by atoms with Crippen LogP contribution in [0.4, 0.5) is 5.82 Å². The Morgan fingerprint density at radius 2 is 2.27 bits per heavy atom. The number of hydrogen-bond donors (Lipinski definition) is 1. The highest BCUT2D eigenvalue weighted by Gasteiger charge is 2.31. The van der Waals surface area contributed by atoms with Crippen LogP contribution in [0.15, 0.2) is 10.5 Å². The van der Waals surface area contributed by atoms with E-state index in [1.54, 1.807) is 0 Å². The lowest BCUT2D eigenvalue weighted by Crippen LogP contribution is -2.20. The maximum absolute atomic E-state index is 12.2. The van der Waals surface area contributed by atoms with E-state index in [0.717, 1.165) is 20.7 Å². The van der Waals surface area contributed by atoms with Gasteiger partial charge in [-0.3, -0.25) is 4.79 Å². The molecular formula is C14H19N5OS2. The van der Waals surface area contributed by atoms with Crippen LogP contribution in [-0.4, -0.2) is 31.6 Å². The number of rotatable bonds is 6. The summed E-state index contributed by atoms with van der Waals surface area (Å²) in [4.78, 5) is 12.2. The molecule has 3 rings (SSSR count). The van der Waals surface area contributed by atoms with Gasteiger partial charge in [-0.2, -0.15) is 5.10 Å². The first-order valence-corrected chi connectivity index (χ1v) is 9.11. The summed E-state index contributed by atoms with van der Waals surface area (Å²) in [5.41, 5.74) is 0.998. The number of thioether (sulfide) groups is 1. The van der Waals surface area contributed by atoms with Crippen molar-refractivity contribution in [2.24, 2.45) is 5.92 Å². The van der Waals surface area contributed by atoms with Gasteiger partial charge in [-0.25, -0.2) is 4.68 Å². The van der Waals surface area contributed by atoms with Crippen molar-refractivity contribution in [2.45, 2.75) is 44.0 Å². The van der Waals surface area contributed by atoms with E-state index < -0.39 is 0 Å². The van der Waals surface area contributed by atoms with E-state index in [0.29, 0.717) is 17.7 Å². The molecule has 1 fully saturated rings. The van der Waals surface area contributed by atoms with Gasteiger partial charge in [-0.1, -0.05) is 23.1 Å². The Kier molecular flexibility index (Phi) is 4.49. The van der Waals surface area contributed by atoms with Crippen LogP contribution in [0.25, 0.3) is 0 Å². The number of aromatic nitrogens is 4. The van der Waals surface area contributed by atoms with Gasteiger partial charge in [-0.15, -0.1) is 10.2 Å². The lowest BCUT2D eigenvalue weighted by Gasteiger charge is -2.16. The van der Waals surface area contributed by atoms with Gasteiger partial charge in [0, 0.05) is 5.56 Å². The Morgan fingerprint density at radius 1 is 1.50 bits per heavy atom. The first kappa shape index (κ1) is 15.5. The third-order valence-corrected chi connectivity index (χ3v) is 5.73. The van der Waals surface area contributed by atoms with Crippen molar-refractivity contribution in [1.29, 1.82) is 0 Å². The summed E-state index contributed by atoms with van der Waals surface area (Å²) in [6.07, 6.45) is 4.31. The Morgan fingerprint density at radius 3 is 2.91 bits per heavy atom. The van der Waals surface area contributed by atoms with E-state index in [2.05, 4.69) is 27.5 Å². The zero-order valence-corrected chi connectivity index (χ0v) is 14.5. The van der Waals surface area contributed by atoms with Crippen LogP contribution in [0.3, 0.4) is 0 Å². The Hall–Kier alpha value is -1.41. The summed E-state index contributed by atoms with van der Waals surface area (Å²) in [6, 6.07) is 0.336. The molecule has 2 aromatic heterocycles. The van der Waals surface area contributed by atoms with Crippen LogP contribution in [0.5, 0.6) is 0 Å². The van der Waals surface area contributed by atoms with E-state index in [4.69, 9.17) is 0 Å². The van der Waals surface area contributed by atoms with Gasteiger partial charge in [0.25, 0.3) is 0 Å². The van der Waals surface area contributed by atoms with E-state index in [-0.39, 0.29) is 5.91 Å². The number of nitrogens with one attached hydrogen (secondary N) is 1. The molecule has 1 aliphatic carbocycles. The normalized spacial score (nSPS) is 15.8. The van der Waals surface area contributed by atoms with Crippen LogP contribution >= 0.6 is 23.1 Å². The smallest absolute Gasteiger partial charge is 0.235 e. The average Bonchev–Trinajstić information content (AvgIpc) is 3.17. The molecule has 0 spiro atoms. The number of amides is 1. The molecule has 0 unspecified atom stereocenters. The lowest BCUT2D eigenvalue weighted by atomic mass is 10.2. The zero-order chi connectivity index (χ0) is 15.7. The van der Waals surface area contributed by atoms with Gasteiger partial charge in [0.2, 0.25) is 5.91 Å². The monoisotopic (exact) mass is 337 g/mol. The van der Waals surface area contributed by atoms with Crippen LogP contribution < -0.4 is 5.32 Å². The Bertz CT molecular complexity index is 677. The maximum Gasteiger partial charge on any atom is 0.235 e. The predicted molar refractivity (Wildman–Crippen MR) is 88.4 cm³/mol. The summed E-state index contributed by atoms with van der Waals surface area (Å²) >= 11 is 2.92. The predicted octanol–water partition coefficient (Wildman–Crippen LogP) is 3.05. The van der Waals surface area contributed by atoms with Crippen molar-refractivity contribution in [3.8, 4) is 0 Å². The van der Waals surface area contributed by atoms with Gasteiger partial charge in [-0.05, 0) is 39.5 Å². The highest BCUT2D eigenvalue weighted by atomic mass is 32.2. The standard InChI is InChI=1S/C14H19N5OS2/c1-8-6-15-19(9(2)11-4-5-11)13(8)16-12(20)7-21-14-18-17-10(3)22-14/h6,9,11H,4-5,7H2,1-3H3,(H,16,20)/t9-/m0/s1. The number of carbonyl (C=O) groups is 1. The van der Waals surface area contributed by atoms with Crippen LogP contribution in [-0.2, 0) is 4.79 Å². The lowest BCUT2D eigenvalue weighted by molar-refractivity contribution is -0.113. The fourth-order valence-corrected chi connectivity index (χ4v) is 3.94. The van der Waals surface area contributed by atoms with E-state index in [1.165, 1.54) is 35.9 Å². The summed E-state index contributed by atoms with van der Waals surface area (Å²) in [5, 5.41) is 16.3. The molecule has 0 aliphatic heterocycles. The van der Waals surface area contributed by atoms with Crippen molar-refractivity contribution in [1.82, 2.24) is 20.0 Å². The fraction of sp³-hybridized carbons (Fsp3) is 0.571. The first-order chi connectivity index (χ1) is 10.5. The van der Waals surface area contributed by atoms with Gasteiger partial charge in [0.15, 0.2) is 4.34 Å². The molecule has 0 bridgehead atoms. The summed E-state index contributed by atoms with van der Waals surface area (Å²) < 4.78 is 2.77. The van der Waals surface area contributed by atoms with Gasteiger partial charge < -0.3 is 5.32 Å². The second kappa shape index (κ2) is 6.37. The van der Waals surface area contributed by atoms with Gasteiger partial charge in [0.05, 0.1) is 18.0 Å². The molecule has 0 aromatic carbocycles. The fourth-order valence-electron chi connectivity index (χ4n) is 2.32. The molecule has 1 amide bonds. The zero-order valence-electron chi connectivity index (χ0n) is 12.9. The van der Waals surface area contributed by atoms with Crippen molar-refractivity contribution >= 4 is 34.8 Å². The number of nitrogens with zero attached hydrogens (tertiary/aromatic N) is 4. The SMILES string of the molecule is Cc1nnc(SCC(=O)Nc2c(C)cnn2[C@@H](C)C2CC2)s1. The second-order valence-electron chi connectivity index (χ2n) is 5.62. The summed E-state index contributed by atoms with van der Waals surface area (Å²) in [5.74, 6) is 1.80. The van der Waals surface area contributed by atoms with Crippen molar-refractivity contribution in [3.05, 3.63) is 16.8 Å². The molecular weight excluding hydrogens is 318 g/mol. The number of anilines is 1. The van der Waals surface area contributed by atoms with Crippen LogP contribution in [0, 0.1) is 19.8 Å². The third kappa shape index (κ3) is 3.49.